The third-order valence-corrected chi connectivity index (χ3v) is 4.40. The van der Waals surface area contributed by atoms with Crippen molar-refractivity contribution in [3.8, 4) is 22.9 Å². The number of aromatic nitrogens is 2. The summed E-state index contributed by atoms with van der Waals surface area (Å²) < 4.78 is 1.75. The minimum absolute atomic E-state index is 0.227. The van der Waals surface area contributed by atoms with Crippen LogP contribution < -0.4 is 5.32 Å². The molecule has 0 aliphatic rings. The van der Waals surface area contributed by atoms with Gasteiger partial charge >= 0.3 is 0 Å². The van der Waals surface area contributed by atoms with Crippen LogP contribution in [0.25, 0.3) is 16.8 Å². The highest BCUT2D eigenvalue weighted by Crippen LogP contribution is 2.27. The number of carbonyl (C=O) groups excluding carboxylic acids is 1. The molecule has 0 unspecified atom stereocenters. The molecule has 0 atom stereocenters. The van der Waals surface area contributed by atoms with Crippen molar-refractivity contribution < 1.29 is 4.79 Å². The van der Waals surface area contributed by atoms with E-state index in [-0.39, 0.29) is 5.91 Å². The second kappa shape index (κ2) is 7.60. The Bertz CT molecular complexity index is 1160. The molecule has 0 aliphatic carbocycles. The molecule has 0 bridgehead atoms. The van der Waals surface area contributed by atoms with E-state index >= 15 is 0 Å². The maximum Gasteiger partial charge on any atom is 0.256 e. The highest BCUT2D eigenvalue weighted by molar-refractivity contribution is 6.09. The van der Waals surface area contributed by atoms with E-state index in [9.17, 15) is 10.1 Å². The molecule has 28 heavy (non-hydrogen) atoms. The van der Waals surface area contributed by atoms with E-state index < -0.39 is 0 Å². The molecule has 0 aliphatic heterocycles. The first-order chi connectivity index (χ1) is 13.8. The number of carbonyl (C=O) groups is 1. The Morgan fingerprint density at radius 2 is 1.61 bits per heavy atom. The molecule has 3 aromatic carbocycles. The molecule has 1 N–H and O–H groups in total. The van der Waals surface area contributed by atoms with Crippen molar-refractivity contribution >= 4 is 11.6 Å². The first kappa shape index (κ1) is 17.3. The highest BCUT2D eigenvalue weighted by Gasteiger charge is 2.15. The Morgan fingerprint density at radius 1 is 0.893 bits per heavy atom. The molecule has 0 radical (unpaired) electrons. The van der Waals surface area contributed by atoms with Gasteiger partial charge in [0.15, 0.2) is 0 Å². The minimum atomic E-state index is -0.227. The molecule has 0 spiro atoms. The molecule has 5 nitrogen and oxygen atoms in total. The molecule has 4 aromatic rings. The van der Waals surface area contributed by atoms with Crippen LogP contribution in [-0.2, 0) is 0 Å². The lowest BCUT2D eigenvalue weighted by Gasteiger charge is -2.12. The second-order valence-electron chi connectivity index (χ2n) is 6.15. The summed E-state index contributed by atoms with van der Waals surface area (Å²) in [5.41, 5.74) is 4.11. The third-order valence-electron chi connectivity index (χ3n) is 4.40. The van der Waals surface area contributed by atoms with Gasteiger partial charge in [-0.05, 0) is 48.0 Å². The fraction of sp³-hybridized carbons (Fsp3) is 0. The van der Waals surface area contributed by atoms with Gasteiger partial charge in [0.05, 0.1) is 17.3 Å². The number of amides is 1. The smallest absolute Gasteiger partial charge is 0.256 e. The monoisotopic (exact) mass is 364 g/mol. The minimum Gasteiger partial charge on any atom is -0.322 e. The summed E-state index contributed by atoms with van der Waals surface area (Å²) in [5, 5.41) is 16.5. The molecule has 4 rings (SSSR count). The molecule has 134 valence electrons. The average Bonchev–Trinajstić information content (AvgIpc) is 3.29. The van der Waals surface area contributed by atoms with Crippen molar-refractivity contribution in [3.05, 3.63) is 102 Å². The first-order valence-corrected chi connectivity index (χ1v) is 8.76. The van der Waals surface area contributed by atoms with Gasteiger partial charge in [0.1, 0.15) is 0 Å². The fourth-order valence-corrected chi connectivity index (χ4v) is 3.05. The van der Waals surface area contributed by atoms with Gasteiger partial charge in [-0.25, -0.2) is 4.68 Å². The Balaban J connectivity index is 1.62. The van der Waals surface area contributed by atoms with Crippen LogP contribution in [0, 0.1) is 11.3 Å². The van der Waals surface area contributed by atoms with Crippen LogP contribution in [0.1, 0.15) is 15.9 Å². The van der Waals surface area contributed by atoms with Crippen LogP contribution in [0.4, 0.5) is 5.69 Å². The average molecular weight is 364 g/mol. The van der Waals surface area contributed by atoms with Crippen LogP contribution in [0.2, 0.25) is 0 Å². The van der Waals surface area contributed by atoms with Crippen LogP contribution >= 0.6 is 0 Å². The summed E-state index contributed by atoms with van der Waals surface area (Å²) in [4.78, 5) is 12.9. The van der Waals surface area contributed by atoms with Crippen molar-refractivity contribution in [2.45, 2.75) is 0 Å². The van der Waals surface area contributed by atoms with E-state index in [0.717, 1.165) is 16.8 Å². The van der Waals surface area contributed by atoms with Crippen LogP contribution in [0.15, 0.2) is 91.3 Å². The lowest BCUT2D eigenvalue weighted by molar-refractivity contribution is 0.102. The number of hydrogen-bond acceptors (Lipinski definition) is 3. The number of benzene rings is 3. The van der Waals surface area contributed by atoms with Crippen molar-refractivity contribution in [1.82, 2.24) is 9.78 Å². The normalized spacial score (nSPS) is 10.2. The SMILES string of the molecule is N#Cc1ccccc1-c1ccccc1C(=O)Nc1ccc(-n2cccn2)cc1. The summed E-state index contributed by atoms with van der Waals surface area (Å²) in [7, 11) is 0. The van der Waals surface area contributed by atoms with Gasteiger partial charge in [-0.3, -0.25) is 4.79 Å². The molecule has 5 heteroatoms. The number of hydrogen-bond donors (Lipinski definition) is 1. The Hall–Kier alpha value is -4.17. The molecule has 1 amide bonds. The van der Waals surface area contributed by atoms with Crippen LogP contribution in [0.5, 0.6) is 0 Å². The van der Waals surface area contributed by atoms with E-state index in [2.05, 4.69) is 16.5 Å². The Kier molecular flexibility index (Phi) is 4.68. The van der Waals surface area contributed by atoms with Gasteiger partial charge in [0.2, 0.25) is 0 Å². The number of rotatable bonds is 4. The van der Waals surface area contributed by atoms with Crippen molar-refractivity contribution in [1.29, 1.82) is 5.26 Å². The number of anilines is 1. The first-order valence-electron chi connectivity index (χ1n) is 8.76. The number of nitriles is 1. The van der Waals surface area contributed by atoms with Gasteiger partial charge in [-0.15, -0.1) is 0 Å². The van der Waals surface area contributed by atoms with E-state index in [1.807, 2.05) is 72.9 Å². The predicted molar refractivity (Wildman–Crippen MR) is 108 cm³/mol. The summed E-state index contributed by atoms with van der Waals surface area (Å²) in [6.07, 6.45) is 3.57. The zero-order chi connectivity index (χ0) is 19.3. The maximum atomic E-state index is 12.9. The zero-order valence-electron chi connectivity index (χ0n) is 14.9. The van der Waals surface area contributed by atoms with Gasteiger partial charge in [0, 0.05) is 29.2 Å². The van der Waals surface area contributed by atoms with Gasteiger partial charge in [-0.1, -0.05) is 36.4 Å². The van der Waals surface area contributed by atoms with E-state index in [4.69, 9.17) is 0 Å². The number of nitrogens with zero attached hydrogens (tertiary/aromatic N) is 3. The zero-order valence-corrected chi connectivity index (χ0v) is 14.9. The fourth-order valence-electron chi connectivity index (χ4n) is 3.05. The van der Waals surface area contributed by atoms with Crippen molar-refractivity contribution in [2.24, 2.45) is 0 Å². The van der Waals surface area contributed by atoms with Gasteiger partial charge in [0.25, 0.3) is 5.91 Å². The third kappa shape index (κ3) is 3.39. The quantitative estimate of drug-likeness (QED) is 0.572. The molecule has 0 saturated carbocycles. The lowest BCUT2D eigenvalue weighted by atomic mass is 9.95. The summed E-state index contributed by atoms with van der Waals surface area (Å²) in [6, 6.07) is 26.0. The van der Waals surface area contributed by atoms with Gasteiger partial charge < -0.3 is 5.32 Å². The van der Waals surface area contributed by atoms with E-state index in [1.165, 1.54) is 0 Å². The van der Waals surface area contributed by atoms with Crippen molar-refractivity contribution in [2.75, 3.05) is 5.32 Å². The lowest BCUT2D eigenvalue weighted by Crippen LogP contribution is -2.13. The standard InChI is InChI=1S/C23H16N4O/c24-16-17-6-1-2-7-20(17)21-8-3-4-9-22(21)23(28)26-18-10-12-19(13-11-18)27-15-5-14-25-27/h1-15H,(H,26,28). The summed E-state index contributed by atoms with van der Waals surface area (Å²) in [5.74, 6) is -0.227. The van der Waals surface area contributed by atoms with Crippen molar-refractivity contribution in [3.63, 3.8) is 0 Å². The predicted octanol–water partition coefficient (Wildman–Crippen LogP) is 4.66. The van der Waals surface area contributed by atoms with Crippen LogP contribution in [0.3, 0.4) is 0 Å². The van der Waals surface area contributed by atoms with Crippen LogP contribution in [-0.4, -0.2) is 15.7 Å². The Morgan fingerprint density at radius 3 is 2.32 bits per heavy atom. The largest absolute Gasteiger partial charge is 0.322 e. The molecule has 1 heterocycles. The second-order valence-corrected chi connectivity index (χ2v) is 6.15. The van der Waals surface area contributed by atoms with E-state index in [0.29, 0.717) is 16.8 Å². The Labute approximate surface area is 162 Å². The molecular weight excluding hydrogens is 348 g/mol. The molecular formula is C23H16N4O. The summed E-state index contributed by atoms with van der Waals surface area (Å²) in [6.45, 7) is 0. The summed E-state index contributed by atoms with van der Waals surface area (Å²) >= 11 is 0. The maximum absolute atomic E-state index is 12.9. The highest BCUT2D eigenvalue weighted by atomic mass is 16.1. The van der Waals surface area contributed by atoms with E-state index in [1.54, 1.807) is 23.0 Å². The molecule has 1 aromatic heterocycles. The number of nitrogens with one attached hydrogen (secondary N) is 1. The topological polar surface area (TPSA) is 70.7 Å². The molecule has 0 saturated heterocycles. The molecule has 0 fully saturated rings. The van der Waals surface area contributed by atoms with Gasteiger partial charge in [-0.2, -0.15) is 10.4 Å².